The van der Waals surface area contributed by atoms with E-state index in [1.807, 2.05) is 24.3 Å². The van der Waals surface area contributed by atoms with Crippen molar-refractivity contribution in [3.05, 3.63) is 30.0 Å². The fourth-order valence-corrected chi connectivity index (χ4v) is 2.69. The van der Waals surface area contributed by atoms with Crippen molar-refractivity contribution in [3.63, 3.8) is 0 Å². The number of rotatable bonds is 6. The highest BCUT2D eigenvalue weighted by Gasteiger charge is 2.20. The minimum atomic E-state index is -1.06. The van der Waals surface area contributed by atoms with E-state index in [0.29, 0.717) is 17.1 Å². The van der Waals surface area contributed by atoms with Gasteiger partial charge in [-0.05, 0) is 18.9 Å². The maximum atomic E-state index is 11.4. The Morgan fingerprint density at radius 1 is 1.24 bits per heavy atom. The topological polar surface area (TPSA) is 75.1 Å². The number of hydrogen-bond donors (Lipinski definition) is 2. The van der Waals surface area contributed by atoms with E-state index < -0.39 is 5.97 Å². The number of aromatic nitrogens is 2. The molecule has 1 aromatic heterocycles. The van der Waals surface area contributed by atoms with Crippen molar-refractivity contribution < 1.29 is 9.90 Å². The van der Waals surface area contributed by atoms with Crippen molar-refractivity contribution in [2.24, 2.45) is 5.92 Å². The molecule has 0 fully saturated rings. The highest BCUT2D eigenvalue weighted by molar-refractivity contribution is 6.02. The molecule has 0 amide bonds. The highest BCUT2D eigenvalue weighted by Crippen LogP contribution is 2.27. The second kappa shape index (κ2) is 6.52. The first-order chi connectivity index (χ1) is 10.1. The summed E-state index contributed by atoms with van der Waals surface area (Å²) in [6.45, 7) is 6.37. The number of carboxylic acid groups (broad SMARTS) is 1. The van der Waals surface area contributed by atoms with Crippen LogP contribution in [0.15, 0.2) is 24.3 Å². The second-order valence-electron chi connectivity index (χ2n) is 5.26. The van der Waals surface area contributed by atoms with Gasteiger partial charge >= 0.3 is 5.97 Å². The molecule has 5 heteroatoms. The summed E-state index contributed by atoms with van der Waals surface area (Å²) >= 11 is 0. The first-order valence-electron chi connectivity index (χ1n) is 7.33. The molecule has 1 aromatic carbocycles. The summed E-state index contributed by atoms with van der Waals surface area (Å²) in [7, 11) is 0. The van der Waals surface area contributed by atoms with Gasteiger partial charge in [-0.3, -0.25) is 0 Å². The van der Waals surface area contributed by atoms with Gasteiger partial charge < -0.3 is 10.4 Å². The van der Waals surface area contributed by atoms with Crippen LogP contribution < -0.4 is 5.32 Å². The Kier molecular flexibility index (Phi) is 4.73. The molecule has 0 bridgehead atoms. The van der Waals surface area contributed by atoms with Crippen molar-refractivity contribution >= 4 is 22.6 Å². The van der Waals surface area contributed by atoms with E-state index in [9.17, 15) is 9.90 Å². The van der Waals surface area contributed by atoms with Crippen LogP contribution in [0.1, 0.15) is 44.1 Å². The summed E-state index contributed by atoms with van der Waals surface area (Å²) in [4.78, 5) is 11.4. The number of carboxylic acids is 1. The van der Waals surface area contributed by atoms with Gasteiger partial charge in [-0.2, -0.15) is 0 Å². The zero-order chi connectivity index (χ0) is 15.4. The lowest BCUT2D eigenvalue weighted by molar-refractivity contribution is 0.0690. The molecule has 0 aliphatic heterocycles. The maximum absolute atomic E-state index is 11.4. The monoisotopic (exact) mass is 287 g/mol. The van der Waals surface area contributed by atoms with Crippen LogP contribution >= 0.6 is 0 Å². The van der Waals surface area contributed by atoms with Crippen molar-refractivity contribution in [1.82, 2.24) is 10.2 Å². The van der Waals surface area contributed by atoms with Gasteiger partial charge in [-0.1, -0.05) is 44.9 Å². The molecule has 0 aliphatic rings. The molecule has 0 saturated carbocycles. The molecule has 1 heterocycles. The first kappa shape index (κ1) is 15.2. The lowest BCUT2D eigenvalue weighted by Crippen LogP contribution is -2.26. The molecule has 0 spiro atoms. The normalized spacial score (nSPS) is 12.6. The third kappa shape index (κ3) is 3.12. The minimum Gasteiger partial charge on any atom is -0.476 e. The molecule has 5 nitrogen and oxygen atoms in total. The van der Waals surface area contributed by atoms with Gasteiger partial charge in [0, 0.05) is 11.4 Å². The van der Waals surface area contributed by atoms with Crippen LogP contribution in [0.4, 0.5) is 5.69 Å². The Morgan fingerprint density at radius 2 is 1.90 bits per heavy atom. The lowest BCUT2D eigenvalue weighted by Gasteiger charge is -2.24. The molecule has 2 aromatic rings. The predicted molar refractivity (Wildman–Crippen MR) is 83.7 cm³/mol. The van der Waals surface area contributed by atoms with Gasteiger partial charge in [0.25, 0.3) is 0 Å². The van der Waals surface area contributed by atoms with Crippen LogP contribution in [0.2, 0.25) is 0 Å². The number of carbonyl (C=O) groups is 1. The van der Waals surface area contributed by atoms with E-state index in [-0.39, 0.29) is 11.7 Å². The lowest BCUT2D eigenvalue weighted by atomic mass is 9.95. The van der Waals surface area contributed by atoms with E-state index in [4.69, 9.17) is 0 Å². The molecule has 1 unspecified atom stereocenters. The molecule has 0 aliphatic carbocycles. The van der Waals surface area contributed by atoms with Gasteiger partial charge in [0.1, 0.15) is 0 Å². The van der Waals surface area contributed by atoms with Crippen molar-refractivity contribution in [1.29, 1.82) is 0 Å². The molecule has 0 saturated heterocycles. The largest absolute Gasteiger partial charge is 0.476 e. The molecular weight excluding hydrogens is 266 g/mol. The smallest absolute Gasteiger partial charge is 0.358 e. The molecule has 1 atom stereocenters. The molecule has 2 N–H and O–H groups in total. The molecule has 21 heavy (non-hydrogen) atoms. The summed E-state index contributed by atoms with van der Waals surface area (Å²) in [6, 6.07) is 7.62. The van der Waals surface area contributed by atoms with Crippen molar-refractivity contribution in [3.8, 4) is 0 Å². The van der Waals surface area contributed by atoms with Crippen LogP contribution in [0.25, 0.3) is 10.9 Å². The average molecular weight is 287 g/mol. The zero-order valence-corrected chi connectivity index (χ0v) is 12.6. The number of fused-ring (bicyclic) bond motifs is 1. The van der Waals surface area contributed by atoms with E-state index in [1.54, 1.807) is 0 Å². The van der Waals surface area contributed by atoms with E-state index in [0.717, 1.165) is 18.2 Å². The van der Waals surface area contributed by atoms with Gasteiger partial charge in [0.05, 0.1) is 11.2 Å². The van der Waals surface area contributed by atoms with Crippen LogP contribution in [0.5, 0.6) is 0 Å². The van der Waals surface area contributed by atoms with Crippen LogP contribution in [-0.2, 0) is 0 Å². The fourth-order valence-electron chi connectivity index (χ4n) is 2.69. The second-order valence-corrected chi connectivity index (χ2v) is 5.26. The fraction of sp³-hybridized carbons (Fsp3) is 0.438. The SMILES string of the molecule is CCC(CC)C(C)Nc1c(C(=O)O)nnc2ccccc12. The maximum Gasteiger partial charge on any atom is 0.358 e. The van der Waals surface area contributed by atoms with Gasteiger partial charge in [0.15, 0.2) is 5.69 Å². The minimum absolute atomic E-state index is 0.0218. The van der Waals surface area contributed by atoms with Gasteiger partial charge in [-0.15, -0.1) is 10.2 Å². The van der Waals surface area contributed by atoms with Crippen molar-refractivity contribution in [2.45, 2.75) is 39.7 Å². The van der Waals surface area contributed by atoms with Crippen LogP contribution in [0.3, 0.4) is 0 Å². The summed E-state index contributed by atoms with van der Waals surface area (Å²) in [5, 5.41) is 21.3. The quantitative estimate of drug-likeness (QED) is 0.849. The molecule has 2 rings (SSSR count). The van der Waals surface area contributed by atoms with E-state index in [2.05, 4.69) is 36.3 Å². The first-order valence-corrected chi connectivity index (χ1v) is 7.33. The number of nitrogens with one attached hydrogen (secondary N) is 1. The third-order valence-electron chi connectivity index (χ3n) is 4.00. The average Bonchev–Trinajstić information content (AvgIpc) is 2.48. The highest BCUT2D eigenvalue weighted by atomic mass is 16.4. The number of nitrogens with zero attached hydrogens (tertiary/aromatic N) is 2. The van der Waals surface area contributed by atoms with Crippen molar-refractivity contribution in [2.75, 3.05) is 5.32 Å². The zero-order valence-electron chi connectivity index (χ0n) is 12.6. The van der Waals surface area contributed by atoms with E-state index >= 15 is 0 Å². The number of benzene rings is 1. The Morgan fingerprint density at radius 3 is 2.52 bits per heavy atom. The summed E-state index contributed by atoms with van der Waals surface area (Å²) in [5.41, 5.74) is 1.24. The van der Waals surface area contributed by atoms with Crippen LogP contribution in [-0.4, -0.2) is 27.3 Å². The summed E-state index contributed by atoms with van der Waals surface area (Å²) in [5.74, 6) is -0.578. The third-order valence-corrected chi connectivity index (χ3v) is 4.00. The Hall–Kier alpha value is -2.17. The number of hydrogen-bond acceptors (Lipinski definition) is 4. The Bertz CT molecular complexity index is 638. The number of aromatic carboxylic acids is 1. The Balaban J connectivity index is 2.49. The van der Waals surface area contributed by atoms with Crippen LogP contribution in [0, 0.1) is 5.92 Å². The standard InChI is InChI=1S/C16H21N3O2/c1-4-11(5-2)10(3)17-14-12-8-6-7-9-13(12)18-19-15(14)16(20)21/h6-11H,4-5H2,1-3H3,(H,17,18)(H,20,21). The van der Waals surface area contributed by atoms with Gasteiger partial charge in [-0.25, -0.2) is 4.79 Å². The molecular formula is C16H21N3O2. The number of anilines is 1. The Labute approximate surface area is 124 Å². The molecule has 112 valence electrons. The van der Waals surface area contributed by atoms with Gasteiger partial charge in [0.2, 0.25) is 0 Å². The summed E-state index contributed by atoms with van der Waals surface area (Å²) < 4.78 is 0. The predicted octanol–water partition coefficient (Wildman–Crippen LogP) is 3.56. The summed E-state index contributed by atoms with van der Waals surface area (Å²) in [6.07, 6.45) is 2.09. The molecule has 0 radical (unpaired) electrons. The van der Waals surface area contributed by atoms with E-state index in [1.165, 1.54) is 0 Å².